The lowest BCUT2D eigenvalue weighted by Gasteiger charge is -2.20. The summed E-state index contributed by atoms with van der Waals surface area (Å²) in [6, 6.07) is -0.629. The number of hydrogen-bond acceptors (Lipinski definition) is 3. The van der Waals surface area contributed by atoms with Crippen molar-refractivity contribution in [1.29, 1.82) is 0 Å². The summed E-state index contributed by atoms with van der Waals surface area (Å²) >= 11 is 0. The van der Waals surface area contributed by atoms with E-state index in [1.54, 1.807) is 6.08 Å². The van der Waals surface area contributed by atoms with Crippen LogP contribution in [0.25, 0.3) is 0 Å². The van der Waals surface area contributed by atoms with Crippen molar-refractivity contribution in [3.8, 4) is 0 Å². The number of allylic oxidation sites excluding steroid dienone is 13. The van der Waals surface area contributed by atoms with Gasteiger partial charge in [0.05, 0.1) is 18.8 Å². The predicted molar refractivity (Wildman–Crippen MR) is 294 cm³/mol. The van der Waals surface area contributed by atoms with Crippen LogP contribution in [0.3, 0.4) is 0 Å². The van der Waals surface area contributed by atoms with Gasteiger partial charge < -0.3 is 15.5 Å². The highest BCUT2D eigenvalue weighted by atomic mass is 16.3. The van der Waals surface area contributed by atoms with Crippen molar-refractivity contribution < 1.29 is 15.0 Å². The molecule has 66 heavy (non-hydrogen) atoms. The summed E-state index contributed by atoms with van der Waals surface area (Å²) in [5.74, 6) is -0.0665. The van der Waals surface area contributed by atoms with Crippen molar-refractivity contribution in [3.63, 3.8) is 0 Å². The van der Waals surface area contributed by atoms with Crippen LogP contribution in [0.5, 0.6) is 0 Å². The molecule has 0 spiro atoms. The Morgan fingerprint density at radius 3 is 1.00 bits per heavy atom. The Bertz CT molecular complexity index is 1180. The SMILES string of the molecule is CC/C=C\C/C=C\C/C=C\C/C=C\C/C=C\C/C=C\CCCCCCCCCCCCCCC(=O)NC(CO)C(O)/C=C/CCCCCCCCCCCCCCCCCCCCCCC. The highest BCUT2D eigenvalue weighted by molar-refractivity contribution is 5.76. The number of amides is 1. The second kappa shape index (κ2) is 56.9. The van der Waals surface area contributed by atoms with Crippen LogP contribution >= 0.6 is 0 Å². The van der Waals surface area contributed by atoms with Gasteiger partial charge in [-0.15, -0.1) is 0 Å². The van der Waals surface area contributed by atoms with E-state index >= 15 is 0 Å². The first-order valence-electron chi connectivity index (χ1n) is 28.8. The average Bonchev–Trinajstić information content (AvgIpc) is 3.32. The number of aliphatic hydroxyl groups excluding tert-OH is 2. The second-order valence-corrected chi connectivity index (χ2v) is 19.3. The standard InChI is InChI=1S/C62H111NO3/c1-3-5-7-9-11-13-15-17-19-21-23-25-27-28-29-30-31-32-33-34-36-38-40-42-44-46-48-50-52-54-56-58-62(66)63-60(59-64)61(65)57-55-53-51-49-47-45-43-41-39-37-35-26-24-22-20-18-16-14-12-10-8-6-4-2/h5,7,11,13,17,19,23,25,28-29,31-32,55,57,60-61,64-65H,3-4,6,8-10,12,14-16,18,20-22,24,26-27,30,33-54,56,58-59H2,1-2H3,(H,63,66)/b7-5-,13-11-,19-17-,25-23-,29-28-,32-31-,57-55+. The maximum atomic E-state index is 12.5. The molecule has 0 rings (SSSR count). The topological polar surface area (TPSA) is 69.6 Å². The lowest BCUT2D eigenvalue weighted by molar-refractivity contribution is -0.123. The highest BCUT2D eigenvalue weighted by Gasteiger charge is 2.18. The van der Waals surface area contributed by atoms with Crippen LogP contribution in [0.4, 0.5) is 0 Å². The molecule has 3 N–H and O–H groups in total. The van der Waals surface area contributed by atoms with Crippen LogP contribution in [0.2, 0.25) is 0 Å². The van der Waals surface area contributed by atoms with Crippen LogP contribution < -0.4 is 5.32 Å². The van der Waals surface area contributed by atoms with Crippen molar-refractivity contribution in [3.05, 3.63) is 85.1 Å². The Morgan fingerprint density at radius 1 is 0.379 bits per heavy atom. The number of nitrogens with one attached hydrogen (secondary N) is 1. The van der Waals surface area contributed by atoms with E-state index in [4.69, 9.17) is 0 Å². The van der Waals surface area contributed by atoms with E-state index in [2.05, 4.69) is 92.1 Å². The van der Waals surface area contributed by atoms with Crippen LogP contribution in [0.15, 0.2) is 85.1 Å². The van der Waals surface area contributed by atoms with E-state index in [-0.39, 0.29) is 12.5 Å². The fourth-order valence-electron chi connectivity index (χ4n) is 8.54. The van der Waals surface area contributed by atoms with Crippen LogP contribution in [-0.2, 0) is 4.79 Å². The molecule has 0 radical (unpaired) electrons. The van der Waals surface area contributed by atoms with Gasteiger partial charge in [0.2, 0.25) is 5.91 Å². The predicted octanol–water partition coefficient (Wildman–Crippen LogP) is 19.1. The number of rotatable bonds is 52. The summed E-state index contributed by atoms with van der Waals surface area (Å²) in [7, 11) is 0. The minimum Gasteiger partial charge on any atom is -0.394 e. The molecule has 0 saturated heterocycles. The van der Waals surface area contributed by atoms with Gasteiger partial charge in [-0.25, -0.2) is 0 Å². The number of aliphatic hydroxyl groups is 2. The third-order valence-electron chi connectivity index (χ3n) is 12.9. The molecule has 2 atom stereocenters. The monoisotopic (exact) mass is 918 g/mol. The highest BCUT2D eigenvalue weighted by Crippen LogP contribution is 2.17. The molecule has 1 amide bonds. The lowest BCUT2D eigenvalue weighted by Crippen LogP contribution is -2.45. The zero-order chi connectivity index (χ0) is 47.7. The van der Waals surface area contributed by atoms with Crippen LogP contribution in [-0.4, -0.2) is 34.9 Å². The smallest absolute Gasteiger partial charge is 0.220 e. The molecule has 0 aliphatic rings. The number of hydrogen-bond donors (Lipinski definition) is 3. The lowest BCUT2D eigenvalue weighted by atomic mass is 10.0. The van der Waals surface area contributed by atoms with Crippen LogP contribution in [0, 0.1) is 0 Å². The first-order valence-corrected chi connectivity index (χ1v) is 28.8. The minimum atomic E-state index is -0.845. The van der Waals surface area contributed by atoms with Crippen molar-refractivity contribution in [1.82, 2.24) is 5.32 Å². The second-order valence-electron chi connectivity index (χ2n) is 19.3. The Hall–Kier alpha value is -2.43. The van der Waals surface area contributed by atoms with Gasteiger partial charge in [-0.3, -0.25) is 4.79 Å². The summed E-state index contributed by atoms with van der Waals surface area (Å²) in [5.41, 5.74) is 0. The summed E-state index contributed by atoms with van der Waals surface area (Å²) in [6.07, 6.45) is 83.1. The number of carbonyl (C=O) groups is 1. The molecule has 2 unspecified atom stereocenters. The third kappa shape index (κ3) is 52.5. The number of unbranched alkanes of at least 4 members (excludes halogenated alkanes) is 33. The Labute approximate surface area is 411 Å². The summed E-state index contributed by atoms with van der Waals surface area (Å²) in [4.78, 5) is 12.5. The first-order chi connectivity index (χ1) is 32.7. The average molecular weight is 919 g/mol. The quantitative estimate of drug-likeness (QED) is 0.0421. The van der Waals surface area contributed by atoms with Gasteiger partial charge in [-0.2, -0.15) is 0 Å². The van der Waals surface area contributed by atoms with Gasteiger partial charge in [0.25, 0.3) is 0 Å². The van der Waals surface area contributed by atoms with Crippen LogP contribution in [0.1, 0.15) is 284 Å². The van der Waals surface area contributed by atoms with Crippen molar-refractivity contribution in [2.45, 2.75) is 296 Å². The molecule has 0 aromatic heterocycles. The van der Waals surface area contributed by atoms with Gasteiger partial charge in [-0.05, 0) is 70.6 Å². The fraction of sp³-hybridized carbons (Fsp3) is 0.758. The first kappa shape index (κ1) is 63.6. The molecule has 0 fully saturated rings. The van der Waals surface area contributed by atoms with Gasteiger partial charge in [0.15, 0.2) is 0 Å². The van der Waals surface area contributed by atoms with Crippen molar-refractivity contribution >= 4 is 5.91 Å². The zero-order valence-electron chi connectivity index (χ0n) is 43.9. The molecule has 0 aromatic carbocycles. The fourth-order valence-corrected chi connectivity index (χ4v) is 8.54. The summed E-state index contributed by atoms with van der Waals surface area (Å²) in [6.45, 7) is 4.21. The van der Waals surface area contributed by atoms with Gasteiger partial charge >= 0.3 is 0 Å². The van der Waals surface area contributed by atoms with Gasteiger partial charge in [-0.1, -0.05) is 292 Å². The maximum absolute atomic E-state index is 12.5. The van der Waals surface area contributed by atoms with Gasteiger partial charge in [0, 0.05) is 6.42 Å². The molecule has 4 heteroatoms. The van der Waals surface area contributed by atoms with E-state index in [1.807, 2.05) is 6.08 Å². The number of carbonyl (C=O) groups excluding carboxylic acids is 1. The van der Waals surface area contributed by atoms with E-state index in [0.717, 1.165) is 64.2 Å². The summed E-state index contributed by atoms with van der Waals surface area (Å²) < 4.78 is 0. The Morgan fingerprint density at radius 2 is 0.667 bits per heavy atom. The minimum absolute atomic E-state index is 0.0665. The summed E-state index contributed by atoms with van der Waals surface area (Å²) in [5, 5.41) is 23.2. The molecule has 0 aliphatic carbocycles. The van der Waals surface area contributed by atoms with E-state index in [1.165, 1.54) is 199 Å². The van der Waals surface area contributed by atoms with Crippen molar-refractivity contribution in [2.75, 3.05) is 6.61 Å². The zero-order valence-corrected chi connectivity index (χ0v) is 43.9. The molecule has 0 heterocycles. The van der Waals surface area contributed by atoms with Crippen molar-refractivity contribution in [2.24, 2.45) is 0 Å². The molecule has 382 valence electrons. The molecular weight excluding hydrogens is 807 g/mol. The molecule has 4 nitrogen and oxygen atoms in total. The van der Waals surface area contributed by atoms with Gasteiger partial charge in [0.1, 0.15) is 0 Å². The molecule has 0 aliphatic heterocycles. The Balaban J connectivity index is 3.54. The maximum Gasteiger partial charge on any atom is 0.220 e. The largest absolute Gasteiger partial charge is 0.394 e. The third-order valence-corrected chi connectivity index (χ3v) is 12.9. The molecular formula is C62H111NO3. The molecule has 0 aromatic rings. The van der Waals surface area contributed by atoms with E-state index in [9.17, 15) is 15.0 Å². The van der Waals surface area contributed by atoms with E-state index in [0.29, 0.717) is 6.42 Å². The molecule has 0 saturated carbocycles. The molecule has 0 bridgehead atoms. The normalized spacial score (nSPS) is 13.5. The van der Waals surface area contributed by atoms with E-state index < -0.39 is 12.1 Å². The Kier molecular flexibility index (Phi) is 54.8.